The third-order valence-electron chi connectivity index (χ3n) is 6.50. The molecule has 0 saturated heterocycles. The molecule has 0 amide bonds. The number of halogens is 1. The van der Waals surface area contributed by atoms with E-state index in [1.807, 2.05) is 30.3 Å². The molecule has 0 spiro atoms. The van der Waals surface area contributed by atoms with E-state index in [4.69, 9.17) is 16.6 Å². The highest BCUT2D eigenvalue weighted by Gasteiger charge is 2.12. The van der Waals surface area contributed by atoms with Gasteiger partial charge in [-0.15, -0.1) is 0 Å². The van der Waals surface area contributed by atoms with Crippen molar-refractivity contribution >= 4 is 11.6 Å². The number of hydrogen-bond donors (Lipinski definition) is 0. The fourth-order valence-electron chi connectivity index (χ4n) is 4.62. The Balaban J connectivity index is 1.36. The summed E-state index contributed by atoms with van der Waals surface area (Å²) in [7, 11) is 0. The van der Waals surface area contributed by atoms with Gasteiger partial charge in [0, 0.05) is 11.1 Å². The second-order valence-electron chi connectivity index (χ2n) is 9.23. The lowest BCUT2D eigenvalue weighted by atomic mass is 9.98. The summed E-state index contributed by atoms with van der Waals surface area (Å²) in [6, 6.07) is 43.8. The monoisotopic (exact) mass is 509 g/mol. The average Bonchev–Trinajstić information content (AvgIpc) is 2.97. The molecule has 0 saturated carbocycles. The molecule has 182 valence electrons. The van der Waals surface area contributed by atoms with Crippen LogP contribution < -0.4 is 0 Å². The highest BCUT2D eigenvalue weighted by molar-refractivity contribution is 6.28. The molecule has 6 rings (SSSR count). The predicted molar refractivity (Wildman–Crippen MR) is 157 cm³/mol. The first-order valence-corrected chi connectivity index (χ1v) is 12.9. The van der Waals surface area contributed by atoms with E-state index < -0.39 is 0 Å². The molecule has 38 heavy (non-hydrogen) atoms. The Kier molecular flexibility index (Phi) is 6.51. The van der Waals surface area contributed by atoms with E-state index in [0.717, 1.165) is 33.4 Å². The molecule has 0 unspecified atom stereocenters. The lowest BCUT2D eigenvalue weighted by Crippen LogP contribution is -1.97. The highest BCUT2D eigenvalue weighted by Crippen LogP contribution is 2.30. The van der Waals surface area contributed by atoms with Gasteiger partial charge >= 0.3 is 0 Å². The molecule has 5 aromatic carbocycles. The molecule has 0 aliphatic heterocycles. The zero-order chi connectivity index (χ0) is 25.9. The van der Waals surface area contributed by atoms with Gasteiger partial charge in [0.05, 0.1) is 0 Å². The second kappa shape index (κ2) is 10.4. The van der Waals surface area contributed by atoms with Crippen LogP contribution in [0.1, 0.15) is 5.56 Å². The summed E-state index contributed by atoms with van der Waals surface area (Å²) in [5, 5.41) is 0.169. The molecule has 0 radical (unpaired) electrons. The van der Waals surface area contributed by atoms with E-state index in [9.17, 15) is 0 Å². The van der Waals surface area contributed by atoms with Gasteiger partial charge in [-0.2, -0.15) is 9.97 Å². The molecule has 3 nitrogen and oxygen atoms in total. The number of aryl methyl sites for hydroxylation is 1. The fourth-order valence-corrected chi connectivity index (χ4v) is 4.78. The summed E-state index contributed by atoms with van der Waals surface area (Å²) in [6.07, 6.45) is 0. The first-order valence-electron chi connectivity index (χ1n) is 12.5. The van der Waals surface area contributed by atoms with Crippen LogP contribution in [0.5, 0.6) is 0 Å². The molecule has 0 fully saturated rings. The van der Waals surface area contributed by atoms with Gasteiger partial charge in [-0.1, -0.05) is 115 Å². The molecular formula is C34H24ClN3. The van der Waals surface area contributed by atoms with Crippen LogP contribution in [0.3, 0.4) is 0 Å². The summed E-state index contributed by atoms with van der Waals surface area (Å²) in [5.41, 5.74) is 9.81. The van der Waals surface area contributed by atoms with Crippen molar-refractivity contribution in [3.05, 3.63) is 138 Å². The minimum atomic E-state index is 0.169. The van der Waals surface area contributed by atoms with Crippen molar-refractivity contribution in [2.24, 2.45) is 0 Å². The van der Waals surface area contributed by atoms with Gasteiger partial charge in [-0.05, 0) is 70.1 Å². The van der Waals surface area contributed by atoms with Gasteiger partial charge in [0.25, 0.3) is 0 Å². The van der Waals surface area contributed by atoms with Crippen molar-refractivity contribution in [3.8, 4) is 56.2 Å². The van der Waals surface area contributed by atoms with Crippen LogP contribution in [0.2, 0.25) is 5.28 Å². The number of benzene rings is 5. The van der Waals surface area contributed by atoms with Crippen molar-refractivity contribution in [1.29, 1.82) is 0 Å². The summed E-state index contributed by atoms with van der Waals surface area (Å²) < 4.78 is 0. The summed E-state index contributed by atoms with van der Waals surface area (Å²) in [5.74, 6) is 1.09. The summed E-state index contributed by atoms with van der Waals surface area (Å²) >= 11 is 6.41. The number of rotatable bonds is 5. The fraction of sp³-hybridized carbons (Fsp3) is 0.0294. The van der Waals surface area contributed by atoms with Crippen LogP contribution in [-0.4, -0.2) is 15.0 Å². The van der Waals surface area contributed by atoms with E-state index >= 15 is 0 Å². The Morgan fingerprint density at radius 1 is 0.395 bits per heavy atom. The maximum atomic E-state index is 6.41. The Morgan fingerprint density at radius 2 is 0.789 bits per heavy atom. The first kappa shape index (κ1) is 23.8. The van der Waals surface area contributed by atoms with Crippen LogP contribution in [-0.2, 0) is 0 Å². The van der Waals surface area contributed by atoms with Crippen LogP contribution in [0.15, 0.2) is 127 Å². The predicted octanol–water partition coefficient (Wildman–Crippen LogP) is 9.17. The molecular weight excluding hydrogens is 486 g/mol. The normalized spacial score (nSPS) is 10.9. The van der Waals surface area contributed by atoms with Crippen molar-refractivity contribution in [1.82, 2.24) is 15.0 Å². The molecule has 1 heterocycles. The van der Waals surface area contributed by atoms with Crippen molar-refractivity contribution < 1.29 is 0 Å². The third kappa shape index (κ3) is 5.10. The molecule has 6 aromatic rings. The van der Waals surface area contributed by atoms with Gasteiger partial charge in [-0.3, -0.25) is 0 Å². The molecule has 0 N–H and O–H groups in total. The lowest BCUT2D eigenvalue weighted by molar-refractivity contribution is 1.07. The van der Waals surface area contributed by atoms with E-state index in [-0.39, 0.29) is 5.28 Å². The Morgan fingerprint density at radius 3 is 1.32 bits per heavy atom. The van der Waals surface area contributed by atoms with Crippen LogP contribution in [0, 0.1) is 6.92 Å². The third-order valence-corrected chi connectivity index (χ3v) is 6.67. The molecule has 1 aromatic heterocycles. The maximum absolute atomic E-state index is 6.41. The van der Waals surface area contributed by atoms with E-state index in [0.29, 0.717) is 11.6 Å². The van der Waals surface area contributed by atoms with Gasteiger partial charge in [0.2, 0.25) is 5.28 Å². The second-order valence-corrected chi connectivity index (χ2v) is 9.57. The SMILES string of the molecule is Cc1cccc(-c2cccc(-c3nc(Cl)nc(-c4cccc(-c5cccc(-c6ccccc6)c5)c4)n3)c2)c1. The van der Waals surface area contributed by atoms with Gasteiger partial charge in [0.15, 0.2) is 11.6 Å². The Hall–Kier alpha value is -4.60. The number of aromatic nitrogens is 3. The van der Waals surface area contributed by atoms with E-state index in [2.05, 4.69) is 114 Å². The molecule has 0 aliphatic rings. The highest BCUT2D eigenvalue weighted by atomic mass is 35.5. The minimum absolute atomic E-state index is 0.169. The lowest BCUT2D eigenvalue weighted by Gasteiger charge is -2.09. The molecule has 0 aliphatic carbocycles. The van der Waals surface area contributed by atoms with Crippen molar-refractivity contribution in [2.75, 3.05) is 0 Å². The largest absolute Gasteiger partial charge is 0.226 e. The Labute approximate surface area is 227 Å². The summed E-state index contributed by atoms with van der Waals surface area (Å²) in [4.78, 5) is 13.7. The van der Waals surface area contributed by atoms with E-state index in [1.54, 1.807) is 0 Å². The van der Waals surface area contributed by atoms with Crippen LogP contribution >= 0.6 is 11.6 Å². The molecule has 0 bridgehead atoms. The number of hydrogen-bond acceptors (Lipinski definition) is 3. The molecule has 0 atom stereocenters. The minimum Gasteiger partial charge on any atom is -0.208 e. The standard InChI is InChI=1S/C34H24ClN3/c1-23-9-5-12-25(19-23)28-15-7-17-30(21-28)32-36-33(38-34(35)37-32)31-18-8-16-29(22-31)27-14-6-13-26(20-27)24-10-3-2-4-11-24/h2-22H,1H3. The smallest absolute Gasteiger partial charge is 0.208 e. The van der Waals surface area contributed by atoms with Crippen LogP contribution in [0.4, 0.5) is 0 Å². The summed E-state index contributed by atoms with van der Waals surface area (Å²) in [6.45, 7) is 2.09. The van der Waals surface area contributed by atoms with Gasteiger partial charge < -0.3 is 0 Å². The van der Waals surface area contributed by atoms with Crippen LogP contribution in [0.25, 0.3) is 56.2 Å². The average molecular weight is 510 g/mol. The molecule has 4 heteroatoms. The van der Waals surface area contributed by atoms with E-state index in [1.165, 1.54) is 16.7 Å². The van der Waals surface area contributed by atoms with Crippen molar-refractivity contribution in [2.45, 2.75) is 6.92 Å². The van der Waals surface area contributed by atoms with Crippen molar-refractivity contribution in [3.63, 3.8) is 0 Å². The topological polar surface area (TPSA) is 38.7 Å². The zero-order valence-electron chi connectivity index (χ0n) is 20.8. The Bertz CT molecular complexity index is 1750. The first-order chi connectivity index (χ1) is 18.6. The quantitative estimate of drug-likeness (QED) is 0.232. The van der Waals surface area contributed by atoms with Gasteiger partial charge in [-0.25, -0.2) is 4.98 Å². The zero-order valence-corrected chi connectivity index (χ0v) is 21.6. The number of nitrogens with zero attached hydrogens (tertiary/aromatic N) is 3. The van der Waals surface area contributed by atoms with Gasteiger partial charge in [0.1, 0.15) is 0 Å². The maximum Gasteiger partial charge on any atom is 0.226 e.